The average Bonchev–Trinajstić information content (AvgIpc) is 2.14. The molecule has 0 radical (unpaired) electrons. The van der Waals surface area contributed by atoms with Crippen LogP contribution in [0.25, 0.3) is 0 Å². The highest BCUT2D eigenvalue weighted by Gasteiger charge is 2.10. The number of benzene rings is 1. The molecule has 1 rings (SSSR count). The Labute approximate surface area is 97.2 Å². The molecule has 3 nitrogen and oxygen atoms in total. The van der Waals surface area contributed by atoms with Crippen LogP contribution in [-0.4, -0.2) is 18.2 Å². The largest absolute Gasteiger partial charge is 0.496 e. The van der Waals surface area contributed by atoms with Gasteiger partial charge in [-0.2, -0.15) is 0 Å². The van der Waals surface area contributed by atoms with Gasteiger partial charge in [-0.25, -0.2) is 0 Å². The molecule has 0 aliphatic carbocycles. The fourth-order valence-electron chi connectivity index (χ4n) is 1.40. The van der Waals surface area contributed by atoms with E-state index in [1.54, 1.807) is 7.11 Å². The van der Waals surface area contributed by atoms with E-state index in [4.69, 9.17) is 9.84 Å². The molecule has 0 bridgehead atoms. The van der Waals surface area contributed by atoms with Gasteiger partial charge in [-0.15, -0.1) is 0 Å². The number of ether oxygens (including phenoxy) is 1. The van der Waals surface area contributed by atoms with Crippen LogP contribution < -0.4 is 4.74 Å². The van der Waals surface area contributed by atoms with E-state index in [2.05, 4.69) is 15.9 Å². The molecule has 0 amide bonds. The van der Waals surface area contributed by atoms with Crippen LogP contribution in [-0.2, 0) is 11.2 Å². The van der Waals surface area contributed by atoms with Crippen molar-refractivity contribution in [3.63, 3.8) is 0 Å². The molecule has 4 heteroatoms. The standard InChI is InChI=1S/C11H13BrO3/c1-7-5-9(12)8(3-4-11(13)14)10(6-7)15-2/h5-6H,3-4H2,1-2H3,(H,13,14). The summed E-state index contributed by atoms with van der Waals surface area (Å²) in [5, 5.41) is 8.63. The zero-order chi connectivity index (χ0) is 11.4. The fourth-order valence-corrected chi connectivity index (χ4v) is 2.15. The van der Waals surface area contributed by atoms with Crippen LogP contribution in [0.5, 0.6) is 5.75 Å². The number of methoxy groups -OCH3 is 1. The van der Waals surface area contributed by atoms with Crippen molar-refractivity contribution < 1.29 is 14.6 Å². The van der Waals surface area contributed by atoms with Gasteiger partial charge >= 0.3 is 5.97 Å². The Morgan fingerprint density at radius 1 is 1.53 bits per heavy atom. The Morgan fingerprint density at radius 3 is 2.73 bits per heavy atom. The summed E-state index contributed by atoms with van der Waals surface area (Å²) in [7, 11) is 1.59. The lowest BCUT2D eigenvalue weighted by Gasteiger charge is -2.10. The Hall–Kier alpha value is -1.03. The molecule has 0 heterocycles. The lowest BCUT2D eigenvalue weighted by Crippen LogP contribution is -2.00. The Morgan fingerprint density at radius 2 is 2.20 bits per heavy atom. The van der Waals surface area contributed by atoms with E-state index in [-0.39, 0.29) is 6.42 Å². The molecule has 82 valence electrons. The van der Waals surface area contributed by atoms with E-state index < -0.39 is 5.97 Å². The molecular weight excluding hydrogens is 260 g/mol. The summed E-state index contributed by atoms with van der Waals surface area (Å²) in [5.74, 6) is -0.0624. The minimum absolute atomic E-state index is 0.109. The highest BCUT2D eigenvalue weighted by molar-refractivity contribution is 9.10. The summed E-state index contributed by atoms with van der Waals surface area (Å²) in [6, 6.07) is 3.86. The summed E-state index contributed by atoms with van der Waals surface area (Å²) in [6.45, 7) is 1.97. The normalized spacial score (nSPS) is 10.1. The maximum atomic E-state index is 10.5. The molecule has 0 fully saturated rings. The highest BCUT2D eigenvalue weighted by Crippen LogP contribution is 2.29. The van der Waals surface area contributed by atoms with E-state index in [0.717, 1.165) is 21.3 Å². The minimum Gasteiger partial charge on any atom is -0.496 e. The third-order valence-corrected chi connectivity index (χ3v) is 2.82. The third kappa shape index (κ3) is 3.23. The van der Waals surface area contributed by atoms with Gasteiger partial charge in [0.05, 0.1) is 7.11 Å². The van der Waals surface area contributed by atoms with Crippen molar-refractivity contribution in [1.29, 1.82) is 0 Å². The van der Waals surface area contributed by atoms with Gasteiger partial charge in [0, 0.05) is 16.5 Å². The Kier molecular flexibility index (Phi) is 4.15. The average molecular weight is 273 g/mol. The van der Waals surface area contributed by atoms with Crippen LogP contribution in [0.2, 0.25) is 0 Å². The number of rotatable bonds is 4. The number of halogens is 1. The van der Waals surface area contributed by atoms with Gasteiger partial charge in [0.25, 0.3) is 0 Å². The van der Waals surface area contributed by atoms with Crippen molar-refractivity contribution in [2.45, 2.75) is 19.8 Å². The van der Waals surface area contributed by atoms with Crippen molar-refractivity contribution >= 4 is 21.9 Å². The molecule has 0 saturated carbocycles. The fraction of sp³-hybridized carbons (Fsp3) is 0.364. The van der Waals surface area contributed by atoms with Crippen LogP contribution in [0.15, 0.2) is 16.6 Å². The maximum absolute atomic E-state index is 10.5. The van der Waals surface area contributed by atoms with Crippen LogP contribution >= 0.6 is 15.9 Å². The summed E-state index contributed by atoms with van der Waals surface area (Å²) in [6.07, 6.45) is 0.581. The second kappa shape index (κ2) is 5.16. The molecule has 1 N–H and O–H groups in total. The van der Waals surface area contributed by atoms with E-state index in [1.165, 1.54) is 0 Å². The minimum atomic E-state index is -0.801. The van der Waals surface area contributed by atoms with Crippen LogP contribution in [0.1, 0.15) is 17.5 Å². The predicted octanol–water partition coefficient (Wildman–Crippen LogP) is 2.78. The summed E-state index contributed by atoms with van der Waals surface area (Å²) >= 11 is 3.42. The van der Waals surface area contributed by atoms with Gasteiger partial charge in [-0.3, -0.25) is 4.79 Å². The first-order valence-electron chi connectivity index (χ1n) is 4.59. The van der Waals surface area contributed by atoms with Gasteiger partial charge in [-0.1, -0.05) is 15.9 Å². The molecule has 0 aliphatic rings. The second-order valence-corrected chi connectivity index (χ2v) is 4.18. The molecule has 0 aliphatic heterocycles. The third-order valence-electron chi connectivity index (χ3n) is 2.11. The van der Waals surface area contributed by atoms with Gasteiger partial charge in [-0.05, 0) is 31.0 Å². The summed E-state index contributed by atoms with van der Waals surface area (Å²) in [5.41, 5.74) is 1.99. The van der Waals surface area contributed by atoms with Gasteiger partial charge in [0.15, 0.2) is 0 Å². The van der Waals surface area contributed by atoms with Crippen LogP contribution in [0, 0.1) is 6.92 Å². The number of aliphatic carboxylic acids is 1. The second-order valence-electron chi connectivity index (χ2n) is 3.32. The van der Waals surface area contributed by atoms with E-state index >= 15 is 0 Å². The van der Waals surface area contributed by atoms with Crippen molar-refractivity contribution in [2.75, 3.05) is 7.11 Å². The number of aryl methyl sites for hydroxylation is 1. The number of carboxylic acid groups (broad SMARTS) is 1. The van der Waals surface area contributed by atoms with E-state index in [1.807, 2.05) is 19.1 Å². The van der Waals surface area contributed by atoms with E-state index in [0.29, 0.717) is 6.42 Å². The molecule has 0 spiro atoms. The van der Waals surface area contributed by atoms with Crippen LogP contribution in [0.3, 0.4) is 0 Å². The molecule has 0 aromatic heterocycles. The molecule has 0 saturated heterocycles. The monoisotopic (exact) mass is 272 g/mol. The lowest BCUT2D eigenvalue weighted by atomic mass is 10.1. The summed E-state index contributed by atoms with van der Waals surface area (Å²) < 4.78 is 6.12. The number of hydrogen-bond acceptors (Lipinski definition) is 2. The topological polar surface area (TPSA) is 46.5 Å². The summed E-state index contributed by atoms with van der Waals surface area (Å²) in [4.78, 5) is 10.5. The Balaban J connectivity index is 2.98. The zero-order valence-electron chi connectivity index (χ0n) is 8.71. The van der Waals surface area contributed by atoms with Crippen molar-refractivity contribution in [3.05, 3.63) is 27.7 Å². The molecule has 0 atom stereocenters. The van der Waals surface area contributed by atoms with Crippen molar-refractivity contribution in [1.82, 2.24) is 0 Å². The number of carbonyl (C=O) groups is 1. The predicted molar refractivity (Wildman–Crippen MR) is 61.4 cm³/mol. The van der Waals surface area contributed by atoms with Gasteiger partial charge in [0.2, 0.25) is 0 Å². The van der Waals surface area contributed by atoms with E-state index in [9.17, 15) is 4.79 Å². The number of hydrogen-bond donors (Lipinski definition) is 1. The van der Waals surface area contributed by atoms with Crippen molar-refractivity contribution in [2.24, 2.45) is 0 Å². The van der Waals surface area contributed by atoms with Gasteiger partial charge in [0.1, 0.15) is 5.75 Å². The maximum Gasteiger partial charge on any atom is 0.303 e. The quantitative estimate of drug-likeness (QED) is 0.917. The van der Waals surface area contributed by atoms with Gasteiger partial charge < -0.3 is 9.84 Å². The molecule has 15 heavy (non-hydrogen) atoms. The molecule has 1 aromatic carbocycles. The molecule has 0 unspecified atom stereocenters. The molecule has 1 aromatic rings. The Bertz CT molecular complexity index is 374. The first kappa shape index (κ1) is 12.0. The first-order chi connectivity index (χ1) is 7.04. The lowest BCUT2D eigenvalue weighted by molar-refractivity contribution is -0.136. The SMILES string of the molecule is COc1cc(C)cc(Br)c1CCC(=O)O. The highest BCUT2D eigenvalue weighted by atomic mass is 79.9. The van der Waals surface area contributed by atoms with Crippen LogP contribution in [0.4, 0.5) is 0 Å². The number of carboxylic acids is 1. The first-order valence-corrected chi connectivity index (χ1v) is 5.38. The van der Waals surface area contributed by atoms with Crippen molar-refractivity contribution in [3.8, 4) is 5.75 Å². The smallest absolute Gasteiger partial charge is 0.303 e. The molecular formula is C11H13BrO3. The zero-order valence-corrected chi connectivity index (χ0v) is 10.3.